The van der Waals surface area contributed by atoms with Crippen molar-refractivity contribution in [2.75, 3.05) is 13.6 Å². The average molecular weight is 374 g/mol. The number of hydrogen-bond donors (Lipinski definition) is 0. The van der Waals surface area contributed by atoms with Crippen molar-refractivity contribution in [3.05, 3.63) is 64.3 Å². The fourth-order valence-electron chi connectivity index (χ4n) is 3.03. The topological polar surface area (TPSA) is 38.1 Å². The molecule has 2 heterocycles. The second kappa shape index (κ2) is 7.46. The number of rotatable bonds is 5. The van der Waals surface area contributed by atoms with E-state index >= 15 is 0 Å². The van der Waals surface area contributed by atoms with Gasteiger partial charge in [-0.2, -0.15) is 0 Å². The van der Waals surface area contributed by atoms with Crippen LogP contribution in [0.1, 0.15) is 23.7 Å². The number of aromatic nitrogens is 2. The third kappa shape index (κ3) is 3.58. The van der Waals surface area contributed by atoms with E-state index in [0.717, 1.165) is 22.2 Å². The minimum atomic E-state index is -0.326. The van der Waals surface area contributed by atoms with Gasteiger partial charge in [0.05, 0.1) is 11.2 Å². The van der Waals surface area contributed by atoms with Gasteiger partial charge in [0.15, 0.2) is 0 Å². The third-order valence-electron chi connectivity index (χ3n) is 4.71. The zero-order valence-electron chi connectivity index (χ0n) is 15.1. The molecule has 6 heteroatoms. The van der Waals surface area contributed by atoms with E-state index in [9.17, 15) is 9.18 Å². The molecule has 0 aliphatic rings. The molecular formula is C20H21ClFN3O. The summed E-state index contributed by atoms with van der Waals surface area (Å²) in [6, 6.07) is 6.89. The highest BCUT2D eigenvalue weighted by Crippen LogP contribution is 2.25. The van der Waals surface area contributed by atoms with Crippen molar-refractivity contribution in [1.82, 2.24) is 14.5 Å². The van der Waals surface area contributed by atoms with Crippen LogP contribution in [-0.2, 0) is 17.8 Å². The van der Waals surface area contributed by atoms with Crippen LogP contribution in [0, 0.1) is 12.7 Å². The number of pyridine rings is 1. The number of fused-ring (bicyclic) bond motifs is 1. The van der Waals surface area contributed by atoms with Crippen LogP contribution < -0.4 is 0 Å². The first-order valence-corrected chi connectivity index (χ1v) is 8.89. The largest absolute Gasteiger partial charge is 0.344 e. The lowest BCUT2D eigenvalue weighted by atomic mass is 10.0. The van der Waals surface area contributed by atoms with Crippen LogP contribution in [0.25, 0.3) is 10.9 Å². The Labute approximate surface area is 157 Å². The molecule has 1 amide bonds. The van der Waals surface area contributed by atoms with Gasteiger partial charge in [-0.3, -0.25) is 9.78 Å². The maximum Gasteiger partial charge on any atom is 0.242 e. The summed E-state index contributed by atoms with van der Waals surface area (Å²) in [4.78, 5) is 18.3. The molecule has 0 aliphatic carbocycles. The van der Waals surface area contributed by atoms with E-state index in [1.807, 2.05) is 36.7 Å². The summed E-state index contributed by atoms with van der Waals surface area (Å²) in [5.41, 5.74) is 3.08. The number of halogens is 2. The molecule has 0 fully saturated rings. The third-order valence-corrected chi connectivity index (χ3v) is 4.93. The molecule has 0 aliphatic heterocycles. The Kier molecular flexibility index (Phi) is 5.28. The predicted octanol–water partition coefficient (Wildman–Crippen LogP) is 4.21. The summed E-state index contributed by atoms with van der Waals surface area (Å²) in [7, 11) is 1.78. The monoisotopic (exact) mass is 373 g/mol. The van der Waals surface area contributed by atoms with E-state index in [1.54, 1.807) is 24.2 Å². The van der Waals surface area contributed by atoms with Gasteiger partial charge in [-0.25, -0.2) is 4.39 Å². The van der Waals surface area contributed by atoms with Gasteiger partial charge in [-0.15, -0.1) is 0 Å². The van der Waals surface area contributed by atoms with Crippen LogP contribution in [0.4, 0.5) is 4.39 Å². The minimum absolute atomic E-state index is 0.0444. The summed E-state index contributed by atoms with van der Waals surface area (Å²) in [5, 5.41) is 1.31. The standard InChI is InChI=1S/C20H21ClFN3O/c1-4-24(3)20(26)12-25-8-6-15-18(23-7-5-19(15)25)11-16-13(2)9-14(21)10-17(16)22/h5-10H,4,11-12H2,1-3H3. The number of benzene rings is 1. The molecule has 0 N–H and O–H groups in total. The molecule has 0 atom stereocenters. The lowest BCUT2D eigenvalue weighted by Gasteiger charge is -2.15. The second-order valence-corrected chi connectivity index (χ2v) is 6.84. The van der Waals surface area contributed by atoms with Crippen LogP contribution in [0.3, 0.4) is 0 Å². The highest BCUT2D eigenvalue weighted by molar-refractivity contribution is 6.30. The molecule has 136 valence electrons. The van der Waals surface area contributed by atoms with Crippen LogP contribution in [0.2, 0.25) is 5.02 Å². The first-order valence-electron chi connectivity index (χ1n) is 8.52. The van der Waals surface area contributed by atoms with E-state index in [-0.39, 0.29) is 18.3 Å². The maximum absolute atomic E-state index is 14.3. The van der Waals surface area contributed by atoms with Crippen LogP contribution in [0.5, 0.6) is 0 Å². The Morgan fingerprint density at radius 2 is 2.12 bits per heavy atom. The summed E-state index contributed by atoms with van der Waals surface area (Å²) < 4.78 is 16.2. The molecule has 0 bridgehead atoms. The summed E-state index contributed by atoms with van der Waals surface area (Å²) in [6.45, 7) is 4.72. The number of nitrogens with zero attached hydrogens (tertiary/aromatic N) is 3. The van der Waals surface area contributed by atoms with Gasteiger partial charge in [0, 0.05) is 42.8 Å². The van der Waals surface area contributed by atoms with Crippen molar-refractivity contribution < 1.29 is 9.18 Å². The van der Waals surface area contributed by atoms with Gasteiger partial charge in [0.1, 0.15) is 12.4 Å². The molecule has 4 nitrogen and oxygen atoms in total. The molecule has 0 saturated heterocycles. The predicted molar refractivity (Wildman–Crippen MR) is 102 cm³/mol. The molecule has 0 spiro atoms. The van der Waals surface area contributed by atoms with E-state index in [1.165, 1.54) is 6.07 Å². The molecular weight excluding hydrogens is 353 g/mol. The first kappa shape index (κ1) is 18.4. The van der Waals surface area contributed by atoms with E-state index in [2.05, 4.69) is 4.98 Å². The maximum atomic E-state index is 14.3. The minimum Gasteiger partial charge on any atom is -0.344 e. The molecule has 1 aromatic carbocycles. The van der Waals surface area contributed by atoms with Gasteiger partial charge in [0.25, 0.3) is 0 Å². The zero-order valence-corrected chi connectivity index (χ0v) is 15.8. The van der Waals surface area contributed by atoms with Gasteiger partial charge < -0.3 is 9.47 Å². The fourth-order valence-corrected chi connectivity index (χ4v) is 3.29. The molecule has 3 rings (SSSR count). The highest BCUT2D eigenvalue weighted by Gasteiger charge is 2.14. The van der Waals surface area contributed by atoms with Gasteiger partial charge in [-0.05, 0) is 49.2 Å². The normalized spacial score (nSPS) is 11.1. The number of carbonyl (C=O) groups is 1. The van der Waals surface area contributed by atoms with Crippen molar-refractivity contribution in [2.45, 2.75) is 26.8 Å². The van der Waals surface area contributed by atoms with Crippen LogP contribution in [-0.4, -0.2) is 34.0 Å². The number of carbonyl (C=O) groups excluding carboxylic acids is 1. The Bertz CT molecular complexity index is 944. The molecule has 26 heavy (non-hydrogen) atoms. The van der Waals surface area contributed by atoms with Crippen LogP contribution >= 0.6 is 11.6 Å². The van der Waals surface area contributed by atoms with Crippen molar-refractivity contribution in [2.24, 2.45) is 0 Å². The summed E-state index contributed by atoms with van der Waals surface area (Å²) >= 11 is 5.91. The first-order chi connectivity index (χ1) is 12.4. The fraction of sp³-hybridized carbons (Fsp3) is 0.300. The van der Waals surface area contributed by atoms with Crippen molar-refractivity contribution in [1.29, 1.82) is 0 Å². The average Bonchev–Trinajstić information content (AvgIpc) is 3.01. The smallest absolute Gasteiger partial charge is 0.242 e. The number of hydrogen-bond acceptors (Lipinski definition) is 2. The van der Waals surface area contributed by atoms with Crippen molar-refractivity contribution in [3.63, 3.8) is 0 Å². The lowest BCUT2D eigenvalue weighted by molar-refractivity contribution is -0.130. The zero-order chi connectivity index (χ0) is 18.8. The molecule has 0 saturated carbocycles. The van der Waals surface area contributed by atoms with Gasteiger partial charge >= 0.3 is 0 Å². The molecule has 0 radical (unpaired) electrons. The van der Waals surface area contributed by atoms with Crippen molar-refractivity contribution in [3.8, 4) is 0 Å². The Morgan fingerprint density at radius 1 is 1.35 bits per heavy atom. The van der Waals surface area contributed by atoms with E-state index in [4.69, 9.17) is 11.6 Å². The number of aryl methyl sites for hydroxylation is 1. The molecule has 2 aromatic heterocycles. The number of amides is 1. The second-order valence-electron chi connectivity index (χ2n) is 6.40. The van der Waals surface area contributed by atoms with Crippen LogP contribution in [0.15, 0.2) is 36.7 Å². The Morgan fingerprint density at radius 3 is 2.81 bits per heavy atom. The van der Waals surface area contributed by atoms with E-state index < -0.39 is 0 Å². The van der Waals surface area contributed by atoms with Gasteiger partial charge in [0.2, 0.25) is 5.91 Å². The summed E-state index contributed by atoms with van der Waals surface area (Å²) in [5.74, 6) is -0.282. The highest BCUT2D eigenvalue weighted by atomic mass is 35.5. The quantitative estimate of drug-likeness (QED) is 0.672. The Hall–Kier alpha value is -2.40. The van der Waals surface area contributed by atoms with Gasteiger partial charge in [-0.1, -0.05) is 11.6 Å². The van der Waals surface area contributed by atoms with E-state index in [0.29, 0.717) is 23.6 Å². The SMILES string of the molecule is CCN(C)C(=O)Cn1ccc2c(Cc3c(C)cc(Cl)cc3F)nccc21. The van der Waals surface area contributed by atoms with Crippen molar-refractivity contribution >= 4 is 28.4 Å². The molecule has 0 unspecified atom stereocenters. The lowest BCUT2D eigenvalue weighted by Crippen LogP contribution is -2.29. The summed E-state index contributed by atoms with van der Waals surface area (Å²) in [6.07, 6.45) is 3.95. The number of likely N-dealkylation sites (N-methyl/N-ethyl adjacent to an activating group) is 1. The molecule has 3 aromatic rings. The Balaban J connectivity index is 1.96.